The summed E-state index contributed by atoms with van der Waals surface area (Å²) in [6, 6.07) is 9.48. The lowest BCUT2D eigenvalue weighted by atomic mass is 10.1. The highest BCUT2D eigenvalue weighted by atomic mass is 79.9. The van der Waals surface area contributed by atoms with E-state index in [-0.39, 0.29) is 30.6 Å². The molecule has 0 bridgehead atoms. The Hall–Kier alpha value is -2.62. The van der Waals surface area contributed by atoms with Gasteiger partial charge in [-0.2, -0.15) is 13.2 Å². The first kappa shape index (κ1) is 21.1. The first-order chi connectivity index (χ1) is 13.8. The fourth-order valence-electron chi connectivity index (χ4n) is 2.97. The molecule has 1 aromatic heterocycles. The molecule has 2 N–H and O–H groups in total. The van der Waals surface area contributed by atoms with Crippen LogP contribution in [-0.2, 0) is 15.8 Å². The van der Waals surface area contributed by atoms with Crippen molar-refractivity contribution in [1.82, 2.24) is 10.3 Å². The van der Waals surface area contributed by atoms with Crippen LogP contribution in [0.25, 0.3) is 0 Å². The molecule has 1 aliphatic rings. The minimum Gasteiger partial charge on any atom is -0.368 e. The number of carbonyl (C=O) groups excluding carboxylic acids is 2. The summed E-state index contributed by atoms with van der Waals surface area (Å²) in [5, 5.41) is 5.58. The van der Waals surface area contributed by atoms with Crippen LogP contribution in [0.15, 0.2) is 47.1 Å². The maximum Gasteiger partial charge on any atom is 0.417 e. The Balaban J connectivity index is 1.45. The van der Waals surface area contributed by atoms with E-state index in [1.165, 1.54) is 6.07 Å². The fourth-order valence-corrected chi connectivity index (χ4v) is 3.47. The van der Waals surface area contributed by atoms with Crippen LogP contribution < -0.4 is 15.5 Å². The third-order valence-corrected chi connectivity index (χ3v) is 5.13. The molecule has 1 atom stereocenters. The van der Waals surface area contributed by atoms with Gasteiger partial charge in [0, 0.05) is 36.7 Å². The number of benzene rings is 1. The van der Waals surface area contributed by atoms with E-state index < -0.39 is 17.7 Å². The van der Waals surface area contributed by atoms with Crippen LogP contribution >= 0.6 is 15.9 Å². The van der Waals surface area contributed by atoms with Crippen LogP contribution in [0, 0.1) is 5.92 Å². The van der Waals surface area contributed by atoms with Gasteiger partial charge in [0.15, 0.2) is 0 Å². The Morgan fingerprint density at radius 3 is 2.62 bits per heavy atom. The Morgan fingerprint density at radius 1 is 1.21 bits per heavy atom. The van der Waals surface area contributed by atoms with Crippen molar-refractivity contribution < 1.29 is 22.8 Å². The number of amides is 2. The molecule has 0 radical (unpaired) electrons. The SMILES string of the molecule is O=C(NCCNc1ccc(C(F)(F)F)cn1)C1CC(=O)N(c2ccccc2Br)C1. The smallest absolute Gasteiger partial charge is 0.368 e. The summed E-state index contributed by atoms with van der Waals surface area (Å²) < 4.78 is 38.3. The van der Waals surface area contributed by atoms with E-state index in [9.17, 15) is 22.8 Å². The molecule has 2 aromatic rings. The number of pyridine rings is 1. The molecule has 6 nitrogen and oxygen atoms in total. The Bertz CT molecular complexity index is 890. The Morgan fingerprint density at radius 2 is 1.97 bits per heavy atom. The number of hydrogen-bond acceptors (Lipinski definition) is 4. The first-order valence-corrected chi connectivity index (χ1v) is 9.64. The largest absolute Gasteiger partial charge is 0.417 e. The van der Waals surface area contributed by atoms with E-state index in [2.05, 4.69) is 31.5 Å². The van der Waals surface area contributed by atoms with Gasteiger partial charge in [0.25, 0.3) is 0 Å². The molecule has 2 amide bonds. The average molecular weight is 471 g/mol. The Labute approximate surface area is 173 Å². The first-order valence-electron chi connectivity index (χ1n) is 8.85. The molecule has 154 valence electrons. The summed E-state index contributed by atoms with van der Waals surface area (Å²) >= 11 is 3.41. The third-order valence-electron chi connectivity index (χ3n) is 4.46. The van der Waals surface area contributed by atoms with Crippen LogP contribution in [0.3, 0.4) is 0 Å². The van der Waals surface area contributed by atoms with Crippen molar-refractivity contribution in [3.8, 4) is 0 Å². The van der Waals surface area contributed by atoms with E-state index in [1.54, 1.807) is 4.90 Å². The average Bonchev–Trinajstić information content (AvgIpc) is 3.07. The molecule has 1 unspecified atom stereocenters. The number of halogens is 4. The van der Waals surface area contributed by atoms with Gasteiger partial charge in [-0.15, -0.1) is 0 Å². The summed E-state index contributed by atoms with van der Waals surface area (Å²) in [5.41, 5.74) is -0.0975. The maximum atomic E-state index is 12.5. The summed E-state index contributed by atoms with van der Waals surface area (Å²) in [4.78, 5) is 29.9. The number of aromatic nitrogens is 1. The van der Waals surface area contributed by atoms with Crippen LogP contribution in [0.4, 0.5) is 24.7 Å². The molecule has 2 heterocycles. The minimum atomic E-state index is -4.43. The van der Waals surface area contributed by atoms with Gasteiger partial charge >= 0.3 is 6.18 Å². The second-order valence-corrected chi connectivity index (χ2v) is 7.36. The molecular weight excluding hydrogens is 453 g/mol. The summed E-state index contributed by atoms with van der Waals surface area (Å²) in [6.07, 6.45) is -3.55. The predicted molar refractivity (Wildman–Crippen MR) is 105 cm³/mol. The molecule has 0 spiro atoms. The lowest BCUT2D eigenvalue weighted by molar-refractivity contribution is -0.137. The number of rotatable bonds is 6. The quantitative estimate of drug-likeness (QED) is 0.634. The van der Waals surface area contributed by atoms with Crippen LogP contribution in [0.1, 0.15) is 12.0 Å². The van der Waals surface area contributed by atoms with E-state index in [0.717, 1.165) is 22.4 Å². The van der Waals surface area contributed by atoms with Crippen molar-refractivity contribution in [2.45, 2.75) is 12.6 Å². The molecular formula is C19H18BrF3N4O2. The van der Waals surface area contributed by atoms with Crippen molar-refractivity contribution in [2.75, 3.05) is 29.9 Å². The van der Waals surface area contributed by atoms with Crippen LogP contribution in [0.5, 0.6) is 0 Å². The van der Waals surface area contributed by atoms with Gasteiger partial charge in [0.2, 0.25) is 11.8 Å². The molecule has 1 fully saturated rings. The molecule has 3 rings (SSSR count). The van der Waals surface area contributed by atoms with Gasteiger partial charge in [0.05, 0.1) is 17.2 Å². The second kappa shape index (κ2) is 8.81. The number of alkyl halides is 3. The highest BCUT2D eigenvalue weighted by Crippen LogP contribution is 2.31. The number of carbonyl (C=O) groups is 2. The van der Waals surface area contributed by atoms with Crippen molar-refractivity contribution in [2.24, 2.45) is 5.92 Å². The second-order valence-electron chi connectivity index (χ2n) is 6.50. The molecule has 29 heavy (non-hydrogen) atoms. The zero-order valence-corrected chi connectivity index (χ0v) is 16.8. The topological polar surface area (TPSA) is 74.3 Å². The van der Waals surface area contributed by atoms with Crippen molar-refractivity contribution >= 4 is 39.2 Å². The standard InChI is InChI=1S/C19H18BrF3N4O2/c20-14-3-1-2-4-15(14)27-11-12(9-17(27)28)18(29)25-8-7-24-16-6-5-13(10-26-16)19(21,22)23/h1-6,10,12H,7-9,11H2,(H,24,26)(H,25,29). The lowest BCUT2D eigenvalue weighted by Crippen LogP contribution is -2.35. The number of nitrogens with one attached hydrogen (secondary N) is 2. The molecule has 1 aliphatic heterocycles. The number of hydrogen-bond donors (Lipinski definition) is 2. The van der Waals surface area contributed by atoms with Crippen LogP contribution in [-0.4, -0.2) is 36.4 Å². The zero-order chi connectivity index (χ0) is 21.0. The van der Waals surface area contributed by atoms with E-state index in [4.69, 9.17) is 0 Å². The summed E-state index contributed by atoms with van der Waals surface area (Å²) in [7, 11) is 0. The predicted octanol–water partition coefficient (Wildman–Crippen LogP) is 3.44. The van der Waals surface area contributed by atoms with E-state index >= 15 is 0 Å². The van der Waals surface area contributed by atoms with E-state index in [1.807, 2.05) is 24.3 Å². The van der Waals surface area contributed by atoms with Gasteiger partial charge in [-0.25, -0.2) is 4.98 Å². The van der Waals surface area contributed by atoms with E-state index in [0.29, 0.717) is 13.1 Å². The molecule has 0 aliphatic carbocycles. The highest BCUT2D eigenvalue weighted by Gasteiger charge is 2.35. The van der Waals surface area contributed by atoms with Crippen molar-refractivity contribution in [1.29, 1.82) is 0 Å². The number of anilines is 2. The van der Waals surface area contributed by atoms with Gasteiger partial charge in [-0.3, -0.25) is 9.59 Å². The molecule has 10 heteroatoms. The number of para-hydroxylation sites is 1. The zero-order valence-electron chi connectivity index (χ0n) is 15.2. The third kappa shape index (κ3) is 5.26. The lowest BCUT2D eigenvalue weighted by Gasteiger charge is -2.18. The molecule has 1 aromatic carbocycles. The fraction of sp³-hybridized carbons (Fsp3) is 0.316. The molecule has 0 saturated carbocycles. The summed E-state index contributed by atoms with van der Waals surface area (Å²) in [5.74, 6) is -0.540. The van der Waals surface area contributed by atoms with Crippen molar-refractivity contribution in [3.05, 3.63) is 52.6 Å². The van der Waals surface area contributed by atoms with Gasteiger partial charge in [0.1, 0.15) is 5.82 Å². The van der Waals surface area contributed by atoms with Gasteiger partial charge < -0.3 is 15.5 Å². The highest BCUT2D eigenvalue weighted by molar-refractivity contribution is 9.10. The number of nitrogens with zero attached hydrogens (tertiary/aromatic N) is 2. The Kier molecular flexibility index (Phi) is 6.41. The maximum absolute atomic E-state index is 12.5. The molecule has 1 saturated heterocycles. The monoisotopic (exact) mass is 470 g/mol. The van der Waals surface area contributed by atoms with Crippen molar-refractivity contribution in [3.63, 3.8) is 0 Å². The normalized spacial score (nSPS) is 16.8. The van der Waals surface area contributed by atoms with Crippen LogP contribution in [0.2, 0.25) is 0 Å². The van der Waals surface area contributed by atoms with Gasteiger partial charge in [-0.1, -0.05) is 12.1 Å². The van der Waals surface area contributed by atoms with Gasteiger partial charge in [-0.05, 0) is 40.2 Å². The summed E-state index contributed by atoms with van der Waals surface area (Å²) in [6.45, 7) is 0.834. The minimum absolute atomic E-state index is 0.121.